The van der Waals surface area contributed by atoms with E-state index in [2.05, 4.69) is 53.5 Å². The van der Waals surface area contributed by atoms with E-state index in [-0.39, 0.29) is 5.97 Å². The smallest absolute Gasteiger partial charge is 0.337 e. The SMILES string of the molecule is COC(=O)c1ccc(Cc2ccc3c(c2)c(C)c(C)n3CCCCCN2CCN(C)CC2)cc1. The molecule has 0 bridgehead atoms. The van der Waals surface area contributed by atoms with Crippen LogP contribution in [0.2, 0.25) is 0 Å². The van der Waals surface area contributed by atoms with Crippen molar-refractivity contribution in [3.05, 3.63) is 70.4 Å². The Morgan fingerprint density at radius 1 is 0.882 bits per heavy atom. The second-order valence-electron chi connectivity index (χ2n) is 9.78. The van der Waals surface area contributed by atoms with Crippen LogP contribution < -0.4 is 0 Å². The Morgan fingerprint density at radius 2 is 1.56 bits per heavy atom. The van der Waals surface area contributed by atoms with Crippen molar-refractivity contribution in [2.24, 2.45) is 0 Å². The van der Waals surface area contributed by atoms with Crippen molar-refractivity contribution in [1.29, 1.82) is 0 Å². The van der Waals surface area contributed by atoms with Gasteiger partial charge in [-0.2, -0.15) is 0 Å². The van der Waals surface area contributed by atoms with Crippen molar-refractivity contribution < 1.29 is 9.53 Å². The minimum Gasteiger partial charge on any atom is -0.465 e. The Hall–Kier alpha value is -2.63. The van der Waals surface area contributed by atoms with Gasteiger partial charge >= 0.3 is 5.97 Å². The minimum atomic E-state index is -0.292. The van der Waals surface area contributed by atoms with E-state index in [4.69, 9.17) is 4.74 Å². The molecule has 0 N–H and O–H groups in total. The van der Waals surface area contributed by atoms with Crippen LogP contribution in [0.1, 0.15) is 52.0 Å². The van der Waals surface area contributed by atoms with Crippen molar-refractivity contribution in [3.63, 3.8) is 0 Å². The maximum Gasteiger partial charge on any atom is 0.337 e. The summed E-state index contributed by atoms with van der Waals surface area (Å²) in [6.07, 6.45) is 4.66. The lowest BCUT2D eigenvalue weighted by molar-refractivity contribution is 0.0600. The Labute approximate surface area is 204 Å². The molecule has 5 heteroatoms. The first-order valence-corrected chi connectivity index (χ1v) is 12.6. The number of nitrogens with zero attached hydrogens (tertiary/aromatic N) is 3. The summed E-state index contributed by atoms with van der Waals surface area (Å²) in [4.78, 5) is 16.7. The van der Waals surface area contributed by atoms with E-state index >= 15 is 0 Å². The Bertz CT molecular complexity index is 1110. The number of unbranched alkanes of at least 4 members (excludes halogenated alkanes) is 2. The second kappa shape index (κ2) is 11.2. The molecular formula is C29H39N3O2. The average molecular weight is 462 g/mol. The zero-order valence-electron chi connectivity index (χ0n) is 21.3. The molecule has 0 radical (unpaired) electrons. The van der Waals surface area contributed by atoms with Crippen LogP contribution in [0.15, 0.2) is 42.5 Å². The molecule has 0 unspecified atom stereocenters. The van der Waals surface area contributed by atoms with E-state index in [1.54, 1.807) is 0 Å². The third kappa shape index (κ3) is 5.70. The normalized spacial score (nSPS) is 15.2. The summed E-state index contributed by atoms with van der Waals surface area (Å²) in [5.74, 6) is -0.292. The summed E-state index contributed by atoms with van der Waals surface area (Å²) in [7, 11) is 3.63. The first kappa shape index (κ1) is 24.5. The number of benzene rings is 2. The molecule has 1 saturated heterocycles. The predicted octanol–water partition coefficient (Wildman–Crippen LogP) is 5.05. The van der Waals surface area contributed by atoms with Crippen molar-refractivity contribution in [3.8, 4) is 0 Å². The van der Waals surface area contributed by atoms with Crippen LogP contribution in [-0.4, -0.2) is 67.2 Å². The highest BCUT2D eigenvalue weighted by atomic mass is 16.5. The monoisotopic (exact) mass is 461 g/mol. The maximum absolute atomic E-state index is 11.7. The van der Waals surface area contributed by atoms with Gasteiger partial charge in [0.2, 0.25) is 0 Å². The largest absolute Gasteiger partial charge is 0.465 e. The molecule has 34 heavy (non-hydrogen) atoms. The molecule has 0 atom stereocenters. The summed E-state index contributed by atoms with van der Waals surface area (Å²) in [5, 5.41) is 1.36. The summed E-state index contributed by atoms with van der Waals surface area (Å²) in [6.45, 7) is 11.7. The molecule has 1 aliphatic rings. The van der Waals surface area contributed by atoms with Gasteiger partial charge in [0.25, 0.3) is 0 Å². The maximum atomic E-state index is 11.7. The van der Waals surface area contributed by atoms with Gasteiger partial charge in [0.05, 0.1) is 12.7 Å². The number of esters is 1. The highest BCUT2D eigenvalue weighted by Crippen LogP contribution is 2.28. The summed E-state index contributed by atoms with van der Waals surface area (Å²) < 4.78 is 7.31. The first-order chi connectivity index (χ1) is 16.5. The molecule has 5 nitrogen and oxygen atoms in total. The van der Waals surface area contributed by atoms with Crippen LogP contribution in [0.25, 0.3) is 10.9 Å². The van der Waals surface area contributed by atoms with E-state index in [9.17, 15) is 4.79 Å². The molecule has 4 rings (SSSR count). The Kier molecular flexibility index (Phi) is 8.07. The fraction of sp³-hybridized carbons (Fsp3) is 0.483. The van der Waals surface area contributed by atoms with Crippen molar-refractivity contribution in [2.45, 2.75) is 46.1 Å². The van der Waals surface area contributed by atoms with Crippen LogP contribution in [0.3, 0.4) is 0 Å². The van der Waals surface area contributed by atoms with Gasteiger partial charge in [0.15, 0.2) is 0 Å². The Balaban J connectivity index is 1.35. The average Bonchev–Trinajstić information content (AvgIpc) is 3.09. The number of fused-ring (bicyclic) bond motifs is 1. The number of aromatic nitrogens is 1. The molecule has 0 saturated carbocycles. The zero-order valence-corrected chi connectivity index (χ0v) is 21.3. The van der Waals surface area contributed by atoms with Crippen molar-refractivity contribution in [2.75, 3.05) is 46.9 Å². The van der Waals surface area contributed by atoms with Gasteiger partial charge in [-0.15, -0.1) is 0 Å². The standard InChI is InChI=1S/C29H39N3O2/c1-22-23(2)32(15-7-5-6-14-31-18-16-30(3)17-19-31)28-13-10-25(21-27(22)28)20-24-8-11-26(12-9-24)29(33)34-4/h8-13,21H,5-7,14-20H2,1-4H3. The fourth-order valence-electron chi connectivity index (χ4n) is 5.06. The van der Waals surface area contributed by atoms with Crippen LogP contribution in [0.5, 0.6) is 0 Å². The number of hydrogen-bond donors (Lipinski definition) is 0. The third-order valence-electron chi connectivity index (χ3n) is 7.44. The number of likely N-dealkylation sites (N-methyl/N-ethyl adjacent to an activating group) is 1. The first-order valence-electron chi connectivity index (χ1n) is 12.6. The van der Waals surface area contributed by atoms with Crippen molar-refractivity contribution >= 4 is 16.9 Å². The van der Waals surface area contributed by atoms with E-state index in [0.29, 0.717) is 5.56 Å². The second-order valence-corrected chi connectivity index (χ2v) is 9.78. The lowest BCUT2D eigenvalue weighted by Gasteiger charge is -2.32. The zero-order chi connectivity index (χ0) is 24.1. The number of piperazine rings is 1. The number of carbonyl (C=O) groups is 1. The highest BCUT2D eigenvalue weighted by molar-refractivity contribution is 5.89. The summed E-state index contributed by atoms with van der Waals surface area (Å²) in [5.41, 5.74) is 7.20. The molecule has 0 aliphatic carbocycles. The van der Waals surface area contributed by atoms with E-state index in [1.807, 2.05) is 24.3 Å². The van der Waals surface area contributed by atoms with Crippen LogP contribution in [0.4, 0.5) is 0 Å². The number of hydrogen-bond acceptors (Lipinski definition) is 4. The topological polar surface area (TPSA) is 37.7 Å². The molecule has 2 heterocycles. The molecule has 182 valence electrons. The van der Waals surface area contributed by atoms with E-state index in [0.717, 1.165) is 13.0 Å². The number of ether oxygens (including phenoxy) is 1. The molecule has 3 aromatic rings. The van der Waals surface area contributed by atoms with Crippen LogP contribution in [-0.2, 0) is 17.7 Å². The number of aryl methyl sites for hydroxylation is 2. The van der Waals surface area contributed by atoms with Gasteiger partial charge in [0.1, 0.15) is 0 Å². The molecule has 0 amide bonds. The Morgan fingerprint density at radius 3 is 2.26 bits per heavy atom. The van der Waals surface area contributed by atoms with Gasteiger partial charge in [-0.1, -0.05) is 24.6 Å². The van der Waals surface area contributed by atoms with Gasteiger partial charge < -0.3 is 19.1 Å². The predicted molar refractivity (Wildman–Crippen MR) is 140 cm³/mol. The number of carbonyl (C=O) groups excluding carboxylic acids is 1. The molecule has 2 aromatic carbocycles. The van der Waals surface area contributed by atoms with Gasteiger partial charge in [0, 0.05) is 49.3 Å². The molecule has 1 aromatic heterocycles. The quantitative estimate of drug-likeness (QED) is 0.330. The number of methoxy groups -OCH3 is 1. The summed E-state index contributed by atoms with van der Waals surface area (Å²) >= 11 is 0. The lowest BCUT2D eigenvalue weighted by atomic mass is 10.0. The fourth-order valence-corrected chi connectivity index (χ4v) is 5.06. The van der Waals surface area contributed by atoms with E-state index < -0.39 is 0 Å². The minimum absolute atomic E-state index is 0.292. The number of rotatable bonds is 9. The van der Waals surface area contributed by atoms with Crippen molar-refractivity contribution in [1.82, 2.24) is 14.4 Å². The van der Waals surface area contributed by atoms with E-state index in [1.165, 1.54) is 92.4 Å². The molecule has 1 aliphatic heterocycles. The molecule has 1 fully saturated rings. The molecular weight excluding hydrogens is 422 g/mol. The van der Waals surface area contributed by atoms with Gasteiger partial charge in [-0.3, -0.25) is 0 Å². The highest BCUT2D eigenvalue weighted by Gasteiger charge is 2.14. The lowest BCUT2D eigenvalue weighted by Crippen LogP contribution is -2.44. The third-order valence-corrected chi connectivity index (χ3v) is 7.44. The van der Waals surface area contributed by atoms with Gasteiger partial charge in [-0.25, -0.2) is 4.79 Å². The van der Waals surface area contributed by atoms with Crippen LogP contribution >= 0.6 is 0 Å². The molecule has 0 spiro atoms. The van der Waals surface area contributed by atoms with Crippen LogP contribution in [0, 0.1) is 13.8 Å². The summed E-state index contributed by atoms with van der Waals surface area (Å²) in [6, 6.07) is 14.6. The van der Waals surface area contributed by atoms with Gasteiger partial charge in [-0.05, 0) is 87.7 Å².